The normalized spacial score (nSPS) is 17.3. The van der Waals surface area contributed by atoms with Crippen molar-refractivity contribution in [3.05, 3.63) is 18.0 Å². The second-order valence-corrected chi connectivity index (χ2v) is 6.86. The monoisotopic (exact) mass is 320 g/mol. The molecule has 0 atom stereocenters. The lowest BCUT2D eigenvalue weighted by Crippen LogP contribution is -2.54. The molecule has 2 rings (SSSR count). The van der Waals surface area contributed by atoms with Crippen LogP contribution in [0.1, 0.15) is 45.7 Å². The maximum atomic E-state index is 4.68. The van der Waals surface area contributed by atoms with Crippen LogP contribution in [0.2, 0.25) is 0 Å². The molecule has 130 valence electrons. The summed E-state index contributed by atoms with van der Waals surface area (Å²) in [7, 11) is 1.95. The molecule has 0 spiro atoms. The van der Waals surface area contributed by atoms with Crippen LogP contribution in [-0.2, 0) is 13.6 Å². The number of hydrogen-bond acceptors (Lipinski definition) is 3. The summed E-state index contributed by atoms with van der Waals surface area (Å²) in [5.41, 5.74) is 1.25. The maximum Gasteiger partial charge on any atom is 0.191 e. The fourth-order valence-electron chi connectivity index (χ4n) is 2.97. The number of nitrogens with zero attached hydrogens (tertiary/aromatic N) is 4. The highest BCUT2D eigenvalue weighted by Gasteiger charge is 2.27. The van der Waals surface area contributed by atoms with E-state index in [1.165, 1.54) is 32.4 Å². The topological polar surface area (TPSA) is 57.5 Å². The number of likely N-dealkylation sites (tertiary alicyclic amines) is 1. The van der Waals surface area contributed by atoms with Crippen molar-refractivity contribution in [2.75, 3.05) is 26.2 Å². The predicted octanol–water partition coefficient (Wildman–Crippen LogP) is 1.74. The lowest BCUT2D eigenvalue weighted by Gasteiger charge is -2.41. The van der Waals surface area contributed by atoms with Gasteiger partial charge in [-0.2, -0.15) is 5.10 Å². The largest absolute Gasteiger partial charge is 0.357 e. The van der Waals surface area contributed by atoms with Gasteiger partial charge in [0.1, 0.15) is 0 Å². The van der Waals surface area contributed by atoms with Gasteiger partial charge in [0, 0.05) is 31.9 Å². The van der Waals surface area contributed by atoms with Gasteiger partial charge < -0.3 is 10.6 Å². The summed E-state index contributed by atoms with van der Waals surface area (Å²) in [5, 5.41) is 11.0. The number of aromatic nitrogens is 2. The van der Waals surface area contributed by atoms with E-state index >= 15 is 0 Å². The number of piperidine rings is 1. The molecule has 1 aliphatic rings. The molecule has 0 amide bonds. The lowest BCUT2D eigenvalue weighted by atomic mass is 9.98. The Bertz CT molecular complexity index is 499. The average molecular weight is 320 g/mol. The first kappa shape index (κ1) is 17.8. The van der Waals surface area contributed by atoms with Crippen molar-refractivity contribution in [1.82, 2.24) is 25.3 Å². The van der Waals surface area contributed by atoms with E-state index in [0.717, 1.165) is 24.7 Å². The van der Waals surface area contributed by atoms with Gasteiger partial charge in [0.05, 0.1) is 12.2 Å². The van der Waals surface area contributed by atoms with Crippen LogP contribution < -0.4 is 10.6 Å². The minimum atomic E-state index is 0.142. The van der Waals surface area contributed by atoms with Gasteiger partial charge in [-0.05, 0) is 52.8 Å². The van der Waals surface area contributed by atoms with Crippen LogP contribution in [0.5, 0.6) is 0 Å². The first-order chi connectivity index (χ1) is 11.0. The Morgan fingerprint density at radius 2 is 2.00 bits per heavy atom. The maximum absolute atomic E-state index is 4.68. The van der Waals surface area contributed by atoms with E-state index in [-0.39, 0.29) is 5.54 Å². The Kier molecular flexibility index (Phi) is 6.45. The molecule has 1 aromatic rings. The van der Waals surface area contributed by atoms with Crippen LogP contribution in [0.3, 0.4) is 0 Å². The molecule has 1 saturated heterocycles. The number of rotatable bonds is 6. The fourth-order valence-corrected chi connectivity index (χ4v) is 2.97. The highest BCUT2D eigenvalue weighted by atomic mass is 15.3. The molecule has 2 heterocycles. The standard InChI is InChI=1S/C17H32N6/c1-5-18-16(19-13-15-9-10-21-22(15)4)20-14-17(2,3)23-11-7-6-8-12-23/h9-10H,5-8,11-14H2,1-4H3,(H2,18,19,20). The van der Waals surface area contributed by atoms with E-state index in [9.17, 15) is 0 Å². The number of aliphatic imine (C=N–C) groups is 1. The van der Waals surface area contributed by atoms with Gasteiger partial charge in [-0.25, -0.2) is 4.99 Å². The van der Waals surface area contributed by atoms with Gasteiger partial charge >= 0.3 is 0 Å². The van der Waals surface area contributed by atoms with Crippen LogP contribution in [0, 0.1) is 0 Å². The minimum Gasteiger partial charge on any atom is -0.357 e. The summed E-state index contributed by atoms with van der Waals surface area (Å²) >= 11 is 0. The molecule has 0 unspecified atom stereocenters. The third-order valence-corrected chi connectivity index (χ3v) is 4.57. The van der Waals surface area contributed by atoms with Gasteiger partial charge in [0.15, 0.2) is 5.96 Å². The molecule has 0 bridgehead atoms. The van der Waals surface area contributed by atoms with Crippen molar-refractivity contribution in [1.29, 1.82) is 0 Å². The first-order valence-electron chi connectivity index (χ1n) is 8.77. The van der Waals surface area contributed by atoms with Crippen LogP contribution in [0.15, 0.2) is 17.3 Å². The van der Waals surface area contributed by atoms with Crippen molar-refractivity contribution in [2.24, 2.45) is 12.0 Å². The van der Waals surface area contributed by atoms with Crippen molar-refractivity contribution in [3.63, 3.8) is 0 Å². The SMILES string of the molecule is CCNC(=NCc1ccnn1C)NCC(C)(C)N1CCCCC1. The molecular weight excluding hydrogens is 288 g/mol. The zero-order valence-electron chi connectivity index (χ0n) is 15.1. The van der Waals surface area contributed by atoms with E-state index < -0.39 is 0 Å². The zero-order valence-corrected chi connectivity index (χ0v) is 15.1. The predicted molar refractivity (Wildman–Crippen MR) is 95.5 cm³/mol. The summed E-state index contributed by atoms with van der Waals surface area (Å²) < 4.78 is 1.87. The molecule has 0 radical (unpaired) electrons. The molecule has 0 aromatic carbocycles. The summed E-state index contributed by atoms with van der Waals surface area (Å²) in [5.74, 6) is 0.874. The van der Waals surface area contributed by atoms with Crippen LogP contribution in [0.4, 0.5) is 0 Å². The van der Waals surface area contributed by atoms with Crippen molar-refractivity contribution < 1.29 is 0 Å². The Morgan fingerprint density at radius 3 is 2.61 bits per heavy atom. The van der Waals surface area contributed by atoms with Gasteiger partial charge in [-0.3, -0.25) is 9.58 Å². The summed E-state index contributed by atoms with van der Waals surface area (Å²) in [4.78, 5) is 7.27. The molecule has 1 aliphatic heterocycles. The second kappa shape index (κ2) is 8.34. The van der Waals surface area contributed by atoms with Crippen molar-refractivity contribution in [3.8, 4) is 0 Å². The summed E-state index contributed by atoms with van der Waals surface area (Å²) in [6, 6.07) is 2.00. The average Bonchev–Trinajstić information content (AvgIpc) is 2.96. The van der Waals surface area contributed by atoms with E-state index in [1.54, 1.807) is 0 Å². The third-order valence-electron chi connectivity index (χ3n) is 4.57. The molecule has 2 N–H and O–H groups in total. The van der Waals surface area contributed by atoms with Gasteiger partial charge in [-0.15, -0.1) is 0 Å². The number of aryl methyl sites for hydroxylation is 1. The molecule has 6 nitrogen and oxygen atoms in total. The number of guanidine groups is 1. The van der Waals surface area contributed by atoms with Crippen LogP contribution >= 0.6 is 0 Å². The smallest absolute Gasteiger partial charge is 0.191 e. The number of hydrogen-bond donors (Lipinski definition) is 2. The first-order valence-corrected chi connectivity index (χ1v) is 8.77. The van der Waals surface area contributed by atoms with Crippen LogP contribution in [-0.4, -0.2) is 52.4 Å². The highest BCUT2D eigenvalue weighted by Crippen LogP contribution is 2.19. The minimum absolute atomic E-state index is 0.142. The van der Waals surface area contributed by atoms with Crippen molar-refractivity contribution >= 4 is 5.96 Å². The van der Waals surface area contributed by atoms with Crippen molar-refractivity contribution in [2.45, 2.75) is 52.1 Å². The Hall–Kier alpha value is -1.56. The summed E-state index contributed by atoms with van der Waals surface area (Å²) in [6.07, 6.45) is 5.82. The van der Waals surface area contributed by atoms with E-state index in [0.29, 0.717) is 6.54 Å². The molecular formula is C17H32N6. The molecule has 1 fully saturated rings. The molecule has 1 aromatic heterocycles. The van der Waals surface area contributed by atoms with E-state index in [1.807, 2.05) is 24.0 Å². The lowest BCUT2D eigenvalue weighted by molar-refractivity contribution is 0.0982. The fraction of sp³-hybridized carbons (Fsp3) is 0.765. The van der Waals surface area contributed by atoms with Gasteiger partial charge in [-0.1, -0.05) is 6.42 Å². The Morgan fingerprint density at radius 1 is 1.26 bits per heavy atom. The molecule has 23 heavy (non-hydrogen) atoms. The quantitative estimate of drug-likeness (QED) is 0.619. The Balaban J connectivity index is 1.91. The molecule has 6 heteroatoms. The van der Waals surface area contributed by atoms with E-state index in [2.05, 4.69) is 46.4 Å². The summed E-state index contributed by atoms with van der Waals surface area (Å²) in [6.45, 7) is 11.5. The second-order valence-electron chi connectivity index (χ2n) is 6.86. The zero-order chi connectivity index (χ0) is 16.7. The van der Waals surface area contributed by atoms with E-state index in [4.69, 9.17) is 0 Å². The molecule has 0 saturated carbocycles. The Labute approximate surface area is 140 Å². The third kappa shape index (κ3) is 5.23. The molecule has 0 aliphatic carbocycles. The van der Waals surface area contributed by atoms with Gasteiger partial charge in [0.2, 0.25) is 0 Å². The highest BCUT2D eigenvalue weighted by molar-refractivity contribution is 5.79. The van der Waals surface area contributed by atoms with Crippen LogP contribution in [0.25, 0.3) is 0 Å². The van der Waals surface area contributed by atoms with Gasteiger partial charge in [0.25, 0.3) is 0 Å². The number of nitrogens with one attached hydrogen (secondary N) is 2.